The summed E-state index contributed by atoms with van der Waals surface area (Å²) < 4.78 is 7.29. The quantitative estimate of drug-likeness (QED) is 0.811. The number of hydrogen-bond acceptors (Lipinski definition) is 4. The highest BCUT2D eigenvalue weighted by Crippen LogP contribution is 2.27. The molecule has 5 heteroatoms. The molecule has 2 aromatic rings. The third kappa shape index (κ3) is 3.38. The minimum absolute atomic E-state index is 0.578. The van der Waals surface area contributed by atoms with Crippen molar-refractivity contribution in [3.05, 3.63) is 18.3 Å². The first kappa shape index (κ1) is 13.7. The third-order valence-electron chi connectivity index (χ3n) is 2.94. The van der Waals surface area contributed by atoms with Gasteiger partial charge in [-0.05, 0) is 33.3 Å². The number of aliphatic hydroxyl groups is 1. The molecule has 0 atom stereocenters. The van der Waals surface area contributed by atoms with E-state index in [9.17, 15) is 5.11 Å². The Hall–Kier alpha value is -1.75. The first-order chi connectivity index (χ1) is 8.89. The van der Waals surface area contributed by atoms with Crippen molar-refractivity contribution >= 4 is 16.6 Å². The number of aryl methyl sites for hydroxylation is 1. The summed E-state index contributed by atoms with van der Waals surface area (Å²) in [5.41, 5.74) is 6.71. The monoisotopic (exact) mass is 263 g/mol. The molecule has 0 saturated heterocycles. The molecule has 0 saturated carbocycles. The summed E-state index contributed by atoms with van der Waals surface area (Å²) in [5.74, 6) is 0.669. The van der Waals surface area contributed by atoms with Crippen LogP contribution >= 0.6 is 0 Å². The number of ether oxygens (including phenoxy) is 1. The number of aromatic nitrogens is 2. The second kappa shape index (κ2) is 5.09. The molecule has 0 fully saturated rings. The van der Waals surface area contributed by atoms with Crippen molar-refractivity contribution in [3.63, 3.8) is 0 Å². The van der Waals surface area contributed by atoms with Gasteiger partial charge in [-0.15, -0.1) is 0 Å². The van der Waals surface area contributed by atoms with Crippen LogP contribution in [0.3, 0.4) is 0 Å². The number of rotatable bonds is 5. The molecule has 0 aliphatic carbocycles. The Kier molecular flexibility index (Phi) is 3.66. The van der Waals surface area contributed by atoms with Crippen molar-refractivity contribution in [2.45, 2.75) is 39.3 Å². The maximum atomic E-state index is 9.73. The van der Waals surface area contributed by atoms with Crippen LogP contribution in [0.1, 0.15) is 27.2 Å². The Balaban J connectivity index is 2.25. The lowest BCUT2D eigenvalue weighted by Gasteiger charge is -2.16. The van der Waals surface area contributed by atoms with E-state index in [0.717, 1.165) is 10.9 Å². The molecule has 0 amide bonds. The minimum Gasteiger partial charge on any atom is -0.492 e. The molecule has 0 radical (unpaired) electrons. The zero-order valence-electron chi connectivity index (χ0n) is 11.7. The largest absolute Gasteiger partial charge is 0.492 e. The van der Waals surface area contributed by atoms with Gasteiger partial charge in [0.15, 0.2) is 0 Å². The first-order valence-electron chi connectivity index (χ1n) is 6.51. The summed E-state index contributed by atoms with van der Waals surface area (Å²) in [6.07, 6.45) is 2.59. The number of anilines is 1. The SMILES string of the molecule is CCOc1cc2nn(CCC(C)(C)O)cc2cc1N. The second-order valence-corrected chi connectivity index (χ2v) is 5.34. The maximum absolute atomic E-state index is 9.73. The Bertz CT molecular complexity index is 570. The third-order valence-corrected chi connectivity index (χ3v) is 2.94. The molecular formula is C14H21N3O2. The summed E-state index contributed by atoms with van der Waals surface area (Å²) in [7, 11) is 0. The van der Waals surface area contributed by atoms with Gasteiger partial charge in [0.25, 0.3) is 0 Å². The molecule has 0 bridgehead atoms. The van der Waals surface area contributed by atoms with Crippen molar-refractivity contribution in [2.75, 3.05) is 12.3 Å². The van der Waals surface area contributed by atoms with Gasteiger partial charge in [-0.2, -0.15) is 5.10 Å². The molecule has 2 rings (SSSR count). The smallest absolute Gasteiger partial charge is 0.144 e. The Labute approximate surface area is 113 Å². The zero-order valence-corrected chi connectivity index (χ0v) is 11.7. The molecule has 0 spiro atoms. The van der Waals surface area contributed by atoms with E-state index in [0.29, 0.717) is 31.0 Å². The van der Waals surface area contributed by atoms with Crippen LogP contribution in [-0.4, -0.2) is 27.1 Å². The topological polar surface area (TPSA) is 73.3 Å². The van der Waals surface area contributed by atoms with Crippen LogP contribution in [0.25, 0.3) is 10.9 Å². The van der Waals surface area contributed by atoms with Crippen LogP contribution in [-0.2, 0) is 6.54 Å². The molecule has 0 aliphatic rings. The summed E-state index contributed by atoms with van der Waals surface area (Å²) >= 11 is 0. The molecule has 0 aliphatic heterocycles. The van der Waals surface area contributed by atoms with E-state index in [1.807, 2.05) is 29.9 Å². The maximum Gasteiger partial charge on any atom is 0.144 e. The molecule has 19 heavy (non-hydrogen) atoms. The lowest BCUT2D eigenvalue weighted by atomic mass is 10.1. The fourth-order valence-electron chi connectivity index (χ4n) is 1.90. The van der Waals surface area contributed by atoms with Crippen molar-refractivity contribution in [1.82, 2.24) is 9.78 Å². The highest BCUT2D eigenvalue weighted by molar-refractivity contribution is 5.84. The van der Waals surface area contributed by atoms with Gasteiger partial charge in [-0.25, -0.2) is 0 Å². The van der Waals surface area contributed by atoms with Crippen molar-refractivity contribution in [3.8, 4) is 5.75 Å². The predicted molar refractivity (Wildman–Crippen MR) is 76.2 cm³/mol. The van der Waals surface area contributed by atoms with E-state index in [1.54, 1.807) is 13.8 Å². The van der Waals surface area contributed by atoms with Gasteiger partial charge in [0, 0.05) is 24.2 Å². The van der Waals surface area contributed by atoms with Crippen molar-refractivity contribution < 1.29 is 9.84 Å². The fourth-order valence-corrected chi connectivity index (χ4v) is 1.90. The van der Waals surface area contributed by atoms with Gasteiger partial charge < -0.3 is 15.6 Å². The number of hydrogen-bond donors (Lipinski definition) is 2. The fraction of sp³-hybridized carbons (Fsp3) is 0.500. The normalized spacial score (nSPS) is 12.0. The molecule has 1 aromatic carbocycles. The Morgan fingerprint density at radius 1 is 1.42 bits per heavy atom. The van der Waals surface area contributed by atoms with E-state index < -0.39 is 5.60 Å². The lowest BCUT2D eigenvalue weighted by Crippen LogP contribution is -2.21. The molecule has 1 aromatic heterocycles. The molecule has 0 unspecified atom stereocenters. The van der Waals surface area contributed by atoms with Crippen LogP contribution in [0.2, 0.25) is 0 Å². The second-order valence-electron chi connectivity index (χ2n) is 5.34. The average Bonchev–Trinajstić information content (AvgIpc) is 2.68. The van der Waals surface area contributed by atoms with Gasteiger partial charge in [0.1, 0.15) is 5.75 Å². The average molecular weight is 263 g/mol. The summed E-state index contributed by atoms with van der Waals surface area (Å²) in [5, 5.41) is 15.2. The van der Waals surface area contributed by atoms with Gasteiger partial charge >= 0.3 is 0 Å². The first-order valence-corrected chi connectivity index (χ1v) is 6.51. The van der Waals surface area contributed by atoms with E-state index in [2.05, 4.69) is 5.10 Å². The number of nitrogen functional groups attached to an aromatic ring is 1. The summed E-state index contributed by atoms with van der Waals surface area (Å²) in [4.78, 5) is 0. The summed E-state index contributed by atoms with van der Waals surface area (Å²) in [6.45, 7) is 6.76. The van der Waals surface area contributed by atoms with Crippen LogP contribution in [0.4, 0.5) is 5.69 Å². The molecule has 5 nitrogen and oxygen atoms in total. The van der Waals surface area contributed by atoms with Gasteiger partial charge in [0.2, 0.25) is 0 Å². The number of benzene rings is 1. The standard InChI is InChI=1S/C14H21N3O2/c1-4-19-13-8-12-10(7-11(13)15)9-17(16-12)6-5-14(2,3)18/h7-9,18H,4-6,15H2,1-3H3. The molecule has 3 N–H and O–H groups in total. The van der Waals surface area contributed by atoms with E-state index in [4.69, 9.17) is 10.5 Å². The van der Waals surface area contributed by atoms with E-state index >= 15 is 0 Å². The van der Waals surface area contributed by atoms with Gasteiger partial charge in [-0.1, -0.05) is 0 Å². The Morgan fingerprint density at radius 3 is 2.79 bits per heavy atom. The minimum atomic E-state index is -0.687. The van der Waals surface area contributed by atoms with Crippen molar-refractivity contribution in [1.29, 1.82) is 0 Å². The van der Waals surface area contributed by atoms with E-state index in [-0.39, 0.29) is 0 Å². The van der Waals surface area contributed by atoms with Gasteiger partial charge in [-0.3, -0.25) is 4.68 Å². The molecule has 104 valence electrons. The van der Waals surface area contributed by atoms with Crippen LogP contribution in [0, 0.1) is 0 Å². The van der Waals surface area contributed by atoms with Crippen molar-refractivity contribution in [2.24, 2.45) is 0 Å². The molecule has 1 heterocycles. The van der Waals surface area contributed by atoms with Crippen LogP contribution in [0.5, 0.6) is 5.75 Å². The zero-order chi connectivity index (χ0) is 14.0. The summed E-state index contributed by atoms with van der Waals surface area (Å²) in [6, 6.07) is 3.72. The highest BCUT2D eigenvalue weighted by atomic mass is 16.5. The lowest BCUT2D eigenvalue weighted by molar-refractivity contribution is 0.0651. The number of nitrogens with two attached hydrogens (primary N) is 1. The number of nitrogens with zero attached hydrogens (tertiary/aromatic N) is 2. The number of fused-ring (bicyclic) bond motifs is 1. The van der Waals surface area contributed by atoms with Gasteiger partial charge in [0.05, 0.1) is 23.4 Å². The molecular weight excluding hydrogens is 242 g/mol. The predicted octanol–water partition coefficient (Wildman–Crippen LogP) is 2.18. The Morgan fingerprint density at radius 2 is 2.16 bits per heavy atom. The van der Waals surface area contributed by atoms with E-state index in [1.165, 1.54) is 0 Å². The van der Waals surface area contributed by atoms with Crippen LogP contribution < -0.4 is 10.5 Å². The van der Waals surface area contributed by atoms with Crippen LogP contribution in [0.15, 0.2) is 18.3 Å². The highest BCUT2D eigenvalue weighted by Gasteiger charge is 2.13.